The predicted octanol–water partition coefficient (Wildman–Crippen LogP) is 3.69. The zero-order valence-corrected chi connectivity index (χ0v) is 17.2. The average molecular weight is 431 g/mol. The maximum Gasteiger partial charge on any atom is 0.251 e. The second kappa shape index (κ2) is 9.07. The summed E-state index contributed by atoms with van der Waals surface area (Å²) in [6, 6.07) is 15.9. The van der Waals surface area contributed by atoms with Gasteiger partial charge in [0.2, 0.25) is 0 Å². The molecule has 6 nitrogen and oxygen atoms in total. The van der Waals surface area contributed by atoms with Crippen LogP contribution in [0.3, 0.4) is 0 Å². The van der Waals surface area contributed by atoms with Gasteiger partial charge in [-0.1, -0.05) is 23.7 Å². The number of aromatic nitrogens is 1. The van der Waals surface area contributed by atoms with Gasteiger partial charge in [-0.3, -0.25) is 9.78 Å². The Kier molecular flexibility index (Phi) is 6.51. The Balaban J connectivity index is 1.88. The Bertz CT molecular complexity index is 1090. The Hall–Kier alpha value is -2.90. The largest absolute Gasteiger partial charge is 0.497 e. The zero-order valence-electron chi connectivity index (χ0n) is 15.6. The molecule has 0 unspecified atom stereocenters. The summed E-state index contributed by atoms with van der Waals surface area (Å²) in [6.07, 6.45) is 3.04. The van der Waals surface area contributed by atoms with E-state index < -0.39 is 21.0 Å². The van der Waals surface area contributed by atoms with E-state index in [4.69, 9.17) is 16.3 Å². The van der Waals surface area contributed by atoms with Gasteiger partial charge in [0.05, 0.1) is 12.0 Å². The van der Waals surface area contributed by atoms with Gasteiger partial charge in [0.15, 0.2) is 9.84 Å². The molecule has 0 aliphatic heterocycles. The molecule has 1 amide bonds. The number of nitrogens with one attached hydrogen (secondary N) is 1. The summed E-state index contributed by atoms with van der Waals surface area (Å²) in [5.74, 6) is 0.138. The van der Waals surface area contributed by atoms with Crippen LogP contribution in [0.5, 0.6) is 5.75 Å². The summed E-state index contributed by atoms with van der Waals surface area (Å²) in [5.41, 5.74) is 0.853. The summed E-state index contributed by atoms with van der Waals surface area (Å²) in [7, 11) is -2.29. The van der Waals surface area contributed by atoms with Crippen LogP contribution in [0.15, 0.2) is 78.0 Å². The Morgan fingerprint density at radius 3 is 2.55 bits per heavy atom. The van der Waals surface area contributed by atoms with Crippen molar-refractivity contribution in [2.75, 3.05) is 13.7 Å². The summed E-state index contributed by atoms with van der Waals surface area (Å²) < 4.78 is 31.6. The van der Waals surface area contributed by atoms with E-state index >= 15 is 0 Å². The van der Waals surface area contributed by atoms with Gasteiger partial charge >= 0.3 is 0 Å². The second-order valence-electron chi connectivity index (χ2n) is 6.22. The fourth-order valence-electron chi connectivity index (χ4n) is 2.81. The van der Waals surface area contributed by atoms with Crippen LogP contribution in [-0.4, -0.2) is 33.0 Å². The number of ether oxygens (including phenoxy) is 1. The Labute approximate surface area is 174 Å². The lowest BCUT2D eigenvalue weighted by Gasteiger charge is -2.19. The van der Waals surface area contributed by atoms with Crippen molar-refractivity contribution < 1.29 is 17.9 Å². The lowest BCUT2D eigenvalue weighted by molar-refractivity contribution is 0.0953. The molecule has 2 aromatic carbocycles. The van der Waals surface area contributed by atoms with Gasteiger partial charge in [-0.25, -0.2) is 8.42 Å². The molecule has 0 spiro atoms. The van der Waals surface area contributed by atoms with E-state index in [0.29, 0.717) is 21.9 Å². The molecule has 1 heterocycles. The van der Waals surface area contributed by atoms with E-state index in [0.717, 1.165) is 0 Å². The molecule has 3 rings (SSSR count). The van der Waals surface area contributed by atoms with Crippen molar-refractivity contribution in [3.8, 4) is 5.75 Å². The number of rotatable bonds is 7. The van der Waals surface area contributed by atoms with Crippen LogP contribution in [0.4, 0.5) is 0 Å². The first-order valence-corrected chi connectivity index (χ1v) is 10.7. The van der Waals surface area contributed by atoms with E-state index in [1.807, 2.05) is 0 Å². The highest BCUT2D eigenvalue weighted by Crippen LogP contribution is 2.29. The van der Waals surface area contributed by atoms with E-state index in [2.05, 4.69) is 10.3 Å². The highest BCUT2D eigenvalue weighted by molar-refractivity contribution is 7.91. The Morgan fingerprint density at radius 2 is 1.90 bits per heavy atom. The minimum atomic E-state index is -3.80. The van der Waals surface area contributed by atoms with Crippen LogP contribution >= 0.6 is 11.6 Å². The number of halogens is 1. The van der Waals surface area contributed by atoms with Crippen LogP contribution in [-0.2, 0) is 9.84 Å². The molecule has 1 atom stereocenters. The number of amides is 1. The Morgan fingerprint density at radius 1 is 1.14 bits per heavy atom. The van der Waals surface area contributed by atoms with Crippen LogP contribution in [0, 0.1) is 0 Å². The molecule has 29 heavy (non-hydrogen) atoms. The van der Waals surface area contributed by atoms with E-state index in [-0.39, 0.29) is 11.4 Å². The SMILES string of the molecule is COc1cccc(C(=O)NC[C@@H](c2cccnc2)S(=O)(=O)c2ccc(Cl)cc2)c1. The summed E-state index contributed by atoms with van der Waals surface area (Å²) in [4.78, 5) is 16.7. The molecule has 0 bridgehead atoms. The zero-order chi connectivity index (χ0) is 20.9. The fraction of sp³-hybridized carbons (Fsp3) is 0.143. The molecule has 3 aromatic rings. The van der Waals surface area contributed by atoms with Crippen LogP contribution in [0.2, 0.25) is 5.02 Å². The van der Waals surface area contributed by atoms with Crippen LogP contribution in [0.25, 0.3) is 0 Å². The molecular formula is C21H19ClN2O4S. The van der Waals surface area contributed by atoms with Crippen LogP contribution in [0.1, 0.15) is 21.2 Å². The van der Waals surface area contributed by atoms with Crippen molar-refractivity contribution in [3.05, 3.63) is 89.2 Å². The first kappa shape index (κ1) is 20.8. The maximum absolute atomic E-state index is 13.3. The number of pyridine rings is 1. The number of carbonyl (C=O) groups is 1. The molecule has 1 aromatic heterocycles. The van der Waals surface area contributed by atoms with Gasteiger partial charge in [0.25, 0.3) is 5.91 Å². The van der Waals surface area contributed by atoms with E-state index in [9.17, 15) is 13.2 Å². The summed E-state index contributed by atoms with van der Waals surface area (Å²) >= 11 is 5.88. The normalized spacial score (nSPS) is 12.2. The molecule has 0 saturated carbocycles. The summed E-state index contributed by atoms with van der Waals surface area (Å²) in [5, 5.41) is 2.14. The molecule has 8 heteroatoms. The van der Waals surface area contributed by atoms with Crippen molar-refractivity contribution in [3.63, 3.8) is 0 Å². The molecule has 0 fully saturated rings. The van der Waals surface area contributed by atoms with Gasteiger partial charge in [-0.2, -0.15) is 0 Å². The summed E-state index contributed by atoms with van der Waals surface area (Å²) in [6.45, 7) is -0.118. The standard InChI is InChI=1S/C21H19ClN2O4S/c1-28-18-6-2-4-15(12-18)21(25)24-14-20(16-5-3-11-23-13-16)29(26,27)19-9-7-17(22)8-10-19/h2-13,20H,14H2,1H3,(H,24,25)/t20-/m0/s1. The van der Waals surface area contributed by atoms with Gasteiger partial charge in [0.1, 0.15) is 11.0 Å². The predicted molar refractivity (Wildman–Crippen MR) is 111 cm³/mol. The molecule has 1 N–H and O–H groups in total. The quantitative estimate of drug-likeness (QED) is 0.617. The average Bonchev–Trinajstić information content (AvgIpc) is 2.74. The monoisotopic (exact) mass is 430 g/mol. The van der Waals surface area contributed by atoms with Crippen molar-refractivity contribution in [1.82, 2.24) is 10.3 Å². The molecule has 0 aliphatic rings. The van der Waals surface area contributed by atoms with Crippen molar-refractivity contribution in [2.24, 2.45) is 0 Å². The number of hydrogen-bond acceptors (Lipinski definition) is 5. The van der Waals surface area contributed by atoms with Crippen molar-refractivity contribution in [2.45, 2.75) is 10.1 Å². The van der Waals surface area contributed by atoms with Crippen LogP contribution < -0.4 is 10.1 Å². The lowest BCUT2D eigenvalue weighted by Crippen LogP contribution is -2.32. The van der Waals surface area contributed by atoms with Crippen molar-refractivity contribution in [1.29, 1.82) is 0 Å². The second-order valence-corrected chi connectivity index (χ2v) is 8.78. The maximum atomic E-state index is 13.3. The first-order chi connectivity index (χ1) is 13.9. The third-order valence-electron chi connectivity index (χ3n) is 4.35. The topological polar surface area (TPSA) is 85.4 Å². The number of benzene rings is 2. The number of nitrogens with zero attached hydrogens (tertiary/aromatic N) is 1. The number of hydrogen-bond donors (Lipinski definition) is 1. The minimum absolute atomic E-state index is 0.117. The highest BCUT2D eigenvalue weighted by Gasteiger charge is 2.30. The highest BCUT2D eigenvalue weighted by atomic mass is 35.5. The molecule has 0 radical (unpaired) electrons. The minimum Gasteiger partial charge on any atom is -0.497 e. The van der Waals surface area contributed by atoms with Gasteiger partial charge in [0, 0.05) is 29.5 Å². The molecule has 0 saturated heterocycles. The lowest BCUT2D eigenvalue weighted by atomic mass is 10.2. The van der Waals surface area contributed by atoms with Gasteiger partial charge in [-0.05, 0) is 54.1 Å². The number of carbonyl (C=O) groups excluding carboxylic acids is 1. The van der Waals surface area contributed by atoms with Crippen molar-refractivity contribution >= 4 is 27.3 Å². The third-order valence-corrected chi connectivity index (χ3v) is 6.72. The number of methoxy groups -OCH3 is 1. The van der Waals surface area contributed by atoms with E-state index in [1.165, 1.54) is 37.6 Å². The number of sulfone groups is 1. The van der Waals surface area contributed by atoms with Gasteiger partial charge in [-0.15, -0.1) is 0 Å². The van der Waals surface area contributed by atoms with E-state index in [1.54, 1.807) is 42.6 Å². The fourth-order valence-corrected chi connectivity index (χ4v) is 4.58. The molecule has 0 aliphatic carbocycles. The third kappa shape index (κ3) is 4.93. The molecule has 150 valence electrons. The smallest absolute Gasteiger partial charge is 0.251 e. The first-order valence-electron chi connectivity index (χ1n) is 8.73. The van der Waals surface area contributed by atoms with Gasteiger partial charge < -0.3 is 10.1 Å². The molecular weight excluding hydrogens is 412 g/mol.